The zero-order chi connectivity index (χ0) is 19.1. The standard InChI is InChI=1S/C18H20ClN3O4/c1-12(2)21-18(23)11-20-10-13-7-8-17(15(9-13)22(24)25)26-16-6-4-3-5-14(16)19/h3-9,12,20H,10-11H2,1-2H3,(H,21,23). The highest BCUT2D eigenvalue weighted by molar-refractivity contribution is 6.32. The Morgan fingerprint density at radius 3 is 2.62 bits per heavy atom. The maximum Gasteiger partial charge on any atom is 0.311 e. The summed E-state index contributed by atoms with van der Waals surface area (Å²) in [5.74, 6) is 0.311. The normalized spacial score (nSPS) is 10.6. The molecule has 0 heterocycles. The SMILES string of the molecule is CC(C)NC(=O)CNCc1ccc(Oc2ccccc2Cl)c([N+](=O)[O-])c1. The summed E-state index contributed by atoms with van der Waals surface area (Å²) in [5.41, 5.74) is 0.497. The predicted molar refractivity (Wildman–Crippen MR) is 99.6 cm³/mol. The molecule has 0 aliphatic heterocycles. The molecule has 0 bridgehead atoms. The second-order valence-electron chi connectivity index (χ2n) is 5.92. The predicted octanol–water partition coefficient (Wildman–Crippen LogP) is 3.65. The van der Waals surface area contributed by atoms with Gasteiger partial charge in [-0.15, -0.1) is 0 Å². The summed E-state index contributed by atoms with van der Waals surface area (Å²) in [6.45, 7) is 4.19. The van der Waals surface area contributed by atoms with Gasteiger partial charge in [0.15, 0.2) is 0 Å². The first-order valence-electron chi connectivity index (χ1n) is 8.06. The Kier molecular flexibility index (Phi) is 6.94. The van der Waals surface area contributed by atoms with Gasteiger partial charge in [0.1, 0.15) is 5.75 Å². The van der Waals surface area contributed by atoms with Crippen molar-refractivity contribution >= 4 is 23.2 Å². The topological polar surface area (TPSA) is 93.5 Å². The Hall–Kier alpha value is -2.64. The van der Waals surface area contributed by atoms with Crippen LogP contribution in [0.1, 0.15) is 19.4 Å². The average Bonchev–Trinajstić information content (AvgIpc) is 2.57. The summed E-state index contributed by atoms with van der Waals surface area (Å²) in [5, 5.41) is 17.4. The first kappa shape index (κ1) is 19.7. The molecule has 2 N–H and O–H groups in total. The summed E-state index contributed by atoms with van der Waals surface area (Å²) >= 11 is 6.03. The maximum atomic E-state index is 11.6. The number of rotatable bonds is 8. The molecule has 0 radical (unpaired) electrons. The Balaban J connectivity index is 2.07. The molecule has 2 aromatic carbocycles. The number of hydrogen-bond donors (Lipinski definition) is 2. The van der Waals surface area contributed by atoms with E-state index in [0.29, 0.717) is 22.9 Å². The fraction of sp³-hybridized carbons (Fsp3) is 0.278. The van der Waals surface area contributed by atoms with Crippen LogP contribution in [0.5, 0.6) is 11.5 Å². The molecule has 0 aromatic heterocycles. The van der Waals surface area contributed by atoms with Crippen LogP contribution >= 0.6 is 11.6 Å². The minimum Gasteiger partial charge on any atom is -0.449 e. The number of nitrogens with zero attached hydrogens (tertiary/aromatic N) is 1. The molecule has 2 rings (SSSR count). The Morgan fingerprint density at radius 1 is 1.23 bits per heavy atom. The zero-order valence-electron chi connectivity index (χ0n) is 14.5. The molecule has 8 heteroatoms. The number of nitro benzene ring substituents is 1. The van der Waals surface area contributed by atoms with Gasteiger partial charge in [0.25, 0.3) is 0 Å². The Morgan fingerprint density at radius 2 is 1.96 bits per heavy atom. The number of amides is 1. The van der Waals surface area contributed by atoms with E-state index in [2.05, 4.69) is 10.6 Å². The molecule has 2 aromatic rings. The van der Waals surface area contributed by atoms with E-state index in [0.717, 1.165) is 0 Å². The summed E-state index contributed by atoms with van der Waals surface area (Å²) < 4.78 is 5.58. The molecule has 1 amide bonds. The lowest BCUT2D eigenvalue weighted by Crippen LogP contribution is -2.37. The molecule has 26 heavy (non-hydrogen) atoms. The average molecular weight is 378 g/mol. The lowest BCUT2D eigenvalue weighted by atomic mass is 10.2. The third kappa shape index (κ3) is 5.72. The van der Waals surface area contributed by atoms with Crippen molar-refractivity contribution in [2.24, 2.45) is 0 Å². The molecule has 0 saturated heterocycles. The van der Waals surface area contributed by atoms with E-state index in [1.165, 1.54) is 12.1 Å². The van der Waals surface area contributed by atoms with Crippen molar-refractivity contribution in [2.45, 2.75) is 26.4 Å². The molecule has 0 atom stereocenters. The van der Waals surface area contributed by atoms with Crippen LogP contribution in [0.4, 0.5) is 5.69 Å². The van der Waals surface area contributed by atoms with Crippen LogP contribution in [0, 0.1) is 10.1 Å². The van der Waals surface area contributed by atoms with E-state index in [4.69, 9.17) is 16.3 Å². The Bertz CT molecular complexity index is 796. The van der Waals surface area contributed by atoms with Crippen molar-refractivity contribution in [3.63, 3.8) is 0 Å². The zero-order valence-corrected chi connectivity index (χ0v) is 15.2. The summed E-state index contributed by atoms with van der Waals surface area (Å²) in [7, 11) is 0. The molecule has 0 unspecified atom stereocenters. The molecule has 0 aliphatic carbocycles. The fourth-order valence-electron chi connectivity index (χ4n) is 2.24. The van der Waals surface area contributed by atoms with Crippen molar-refractivity contribution in [1.29, 1.82) is 0 Å². The van der Waals surface area contributed by atoms with Crippen molar-refractivity contribution in [3.8, 4) is 11.5 Å². The quantitative estimate of drug-likeness (QED) is 0.541. The largest absolute Gasteiger partial charge is 0.449 e. The molecule has 138 valence electrons. The number of carbonyl (C=O) groups excluding carboxylic acids is 1. The second-order valence-corrected chi connectivity index (χ2v) is 6.32. The molecular weight excluding hydrogens is 358 g/mol. The van der Waals surface area contributed by atoms with Gasteiger partial charge in [-0.3, -0.25) is 14.9 Å². The van der Waals surface area contributed by atoms with Crippen LogP contribution in [0.25, 0.3) is 0 Å². The minimum absolute atomic E-state index is 0.0617. The maximum absolute atomic E-state index is 11.6. The van der Waals surface area contributed by atoms with Gasteiger partial charge in [0.2, 0.25) is 11.7 Å². The van der Waals surface area contributed by atoms with Crippen LogP contribution in [-0.4, -0.2) is 23.4 Å². The number of nitro groups is 1. The van der Waals surface area contributed by atoms with Gasteiger partial charge in [-0.1, -0.05) is 29.8 Å². The number of para-hydroxylation sites is 1. The van der Waals surface area contributed by atoms with Crippen molar-refractivity contribution < 1.29 is 14.5 Å². The lowest BCUT2D eigenvalue weighted by molar-refractivity contribution is -0.385. The molecule has 0 spiro atoms. The van der Waals surface area contributed by atoms with Gasteiger partial charge in [-0.2, -0.15) is 0 Å². The molecular formula is C18H20ClN3O4. The van der Waals surface area contributed by atoms with E-state index in [1.807, 2.05) is 13.8 Å². The number of nitrogens with one attached hydrogen (secondary N) is 2. The van der Waals surface area contributed by atoms with Crippen LogP contribution in [0.2, 0.25) is 5.02 Å². The van der Waals surface area contributed by atoms with E-state index in [-0.39, 0.29) is 29.9 Å². The molecule has 0 fully saturated rings. The smallest absolute Gasteiger partial charge is 0.311 e. The van der Waals surface area contributed by atoms with Crippen molar-refractivity contribution in [2.75, 3.05) is 6.54 Å². The van der Waals surface area contributed by atoms with Gasteiger partial charge < -0.3 is 15.4 Å². The van der Waals surface area contributed by atoms with Gasteiger partial charge >= 0.3 is 5.69 Å². The molecule has 7 nitrogen and oxygen atoms in total. The number of carbonyl (C=O) groups is 1. The number of benzene rings is 2. The number of halogens is 1. The second kappa shape index (κ2) is 9.17. The first-order chi connectivity index (χ1) is 12.4. The van der Waals surface area contributed by atoms with Crippen LogP contribution in [-0.2, 0) is 11.3 Å². The number of hydrogen-bond acceptors (Lipinski definition) is 5. The minimum atomic E-state index is -0.513. The van der Waals surface area contributed by atoms with Gasteiger partial charge in [-0.25, -0.2) is 0 Å². The van der Waals surface area contributed by atoms with Gasteiger partial charge in [-0.05, 0) is 37.6 Å². The number of ether oxygens (including phenoxy) is 1. The molecule has 0 saturated carbocycles. The van der Waals surface area contributed by atoms with E-state index < -0.39 is 4.92 Å². The molecule has 0 aliphatic rings. The van der Waals surface area contributed by atoms with E-state index >= 15 is 0 Å². The van der Waals surface area contributed by atoms with E-state index in [1.54, 1.807) is 30.3 Å². The lowest BCUT2D eigenvalue weighted by Gasteiger charge is -2.11. The summed E-state index contributed by atoms with van der Waals surface area (Å²) in [6.07, 6.45) is 0. The highest BCUT2D eigenvalue weighted by Crippen LogP contribution is 2.35. The summed E-state index contributed by atoms with van der Waals surface area (Å²) in [6, 6.07) is 11.4. The van der Waals surface area contributed by atoms with Crippen molar-refractivity contribution in [1.82, 2.24) is 10.6 Å². The van der Waals surface area contributed by atoms with Gasteiger partial charge in [0, 0.05) is 18.7 Å². The van der Waals surface area contributed by atoms with Crippen LogP contribution < -0.4 is 15.4 Å². The Labute approximate surface area is 156 Å². The van der Waals surface area contributed by atoms with Crippen LogP contribution in [0.15, 0.2) is 42.5 Å². The third-order valence-electron chi connectivity index (χ3n) is 3.34. The van der Waals surface area contributed by atoms with E-state index in [9.17, 15) is 14.9 Å². The van der Waals surface area contributed by atoms with Crippen LogP contribution in [0.3, 0.4) is 0 Å². The summed E-state index contributed by atoms with van der Waals surface area (Å²) in [4.78, 5) is 22.4. The third-order valence-corrected chi connectivity index (χ3v) is 3.65. The van der Waals surface area contributed by atoms with Gasteiger partial charge in [0.05, 0.1) is 16.5 Å². The monoisotopic (exact) mass is 377 g/mol. The first-order valence-corrected chi connectivity index (χ1v) is 8.44. The highest BCUT2D eigenvalue weighted by atomic mass is 35.5. The highest BCUT2D eigenvalue weighted by Gasteiger charge is 2.17. The van der Waals surface area contributed by atoms with Crippen molar-refractivity contribution in [3.05, 3.63) is 63.2 Å². The fourth-order valence-corrected chi connectivity index (χ4v) is 2.42.